The SMILES string of the molecule is COC(=O)c1ccc(C2CC(=O)Nc3c2sc(C(=O)O)c3-c2ccc(OC)cc2)cc1. The van der Waals surface area contributed by atoms with E-state index in [0.29, 0.717) is 28.1 Å². The molecule has 1 aliphatic heterocycles. The van der Waals surface area contributed by atoms with Crippen LogP contribution in [0.15, 0.2) is 48.5 Å². The number of nitrogens with one attached hydrogen (secondary N) is 1. The van der Waals surface area contributed by atoms with Gasteiger partial charge in [0.05, 0.1) is 25.5 Å². The summed E-state index contributed by atoms with van der Waals surface area (Å²) in [5.41, 5.74) is 2.91. The van der Waals surface area contributed by atoms with Crippen molar-refractivity contribution in [3.05, 3.63) is 69.4 Å². The zero-order valence-electron chi connectivity index (χ0n) is 16.8. The number of anilines is 1. The van der Waals surface area contributed by atoms with Crippen molar-refractivity contribution in [3.63, 3.8) is 0 Å². The lowest BCUT2D eigenvalue weighted by molar-refractivity contribution is -0.116. The van der Waals surface area contributed by atoms with Gasteiger partial charge in [0, 0.05) is 22.8 Å². The Balaban J connectivity index is 1.83. The summed E-state index contributed by atoms with van der Waals surface area (Å²) >= 11 is 1.16. The average Bonchev–Trinajstić information content (AvgIpc) is 3.17. The predicted octanol–water partition coefficient (Wildman–Crippen LogP) is 4.38. The third-order valence-electron chi connectivity index (χ3n) is 5.21. The number of carboxylic acid groups (broad SMARTS) is 1. The number of benzene rings is 2. The molecule has 3 aromatic rings. The van der Waals surface area contributed by atoms with Gasteiger partial charge in [-0.1, -0.05) is 24.3 Å². The summed E-state index contributed by atoms with van der Waals surface area (Å²) in [6, 6.07) is 13.9. The molecule has 0 saturated carbocycles. The van der Waals surface area contributed by atoms with Crippen molar-refractivity contribution in [2.45, 2.75) is 12.3 Å². The molecule has 0 aliphatic carbocycles. The van der Waals surface area contributed by atoms with E-state index >= 15 is 0 Å². The summed E-state index contributed by atoms with van der Waals surface area (Å²) in [5, 5.41) is 12.7. The molecule has 4 rings (SSSR count). The maximum Gasteiger partial charge on any atom is 0.346 e. The molecule has 2 aromatic carbocycles. The highest BCUT2D eigenvalue weighted by Crippen LogP contribution is 2.49. The largest absolute Gasteiger partial charge is 0.497 e. The highest BCUT2D eigenvalue weighted by Gasteiger charge is 2.34. The van der Waals surface area contributed by atoms with Crippen LogP contribution < -0.4 is 10.1 Å². The van der Waals surface area contributed by atoms with Gasteiger partial charge in [0.1, 0.15) is 10.6 Å². The fourth-order valence-electron chi connectivity index (χ4n) is 3.71. The molecule has 1 unspecified atom stereocenters. The Labute approximate surface area is 182 Å². The number of carbonyl (C=O) groups excluding carboxylic acids is 2. The summed E-state index contributed by atoms with van der Waals surface area (Å²) in [6.45, 7) is 0. The summed E-state index contributed by atoms with van der Waals surface area (Å²) in [6.07, 6.45) is 0.187. The van der Waals surface area contributed by atoms with Crippen molar-refractivity contribution >= 4 is 34.9 Å². The first-order chi connectivity index (χ1) is 14.9. The zero-order chi connectivity index (χ0) is 22.1. The van der Waals surface area contributed by atoms with Crippen LogP contribution in [0.4, 0.5) is 5.69 Å². The van der Waals surface area contributed by atoms with E-state index in [1.54, 1.807) is 55.6 Å². The van der Waals surface area contributed by atoms with Crippen molar-refractivity contribution in [2.75, 3.05) is 19.5 Å². The van der Waals surface area contributed by atoms with Crippen LogP contribution in [0.5, 0.6) is 5.75 Å². The first-order valence-corrected chi connectivity index (χ1v) is 10.3. The van der Waals surface area contributed by atoms with E-state index in [1.165, 1.54) is 7.11 Å². The van der Waals surface area contributed by atoms with Gasteiger partial charge in [0.15, 0.2) is 0 Å². The lowest BCUT2D eigenvalue weighted by Crippen LogP contribution is -2.22. The second-order valence-electron chi connectivity index (χ2n) is 7.00. The fourth-order valence-corrected chi connectivity index (χ4v) is 4.96. The number of rotatable bonds is 5. The van der Waals surface area contributed by atoms with Crippen molar-refractivity contribution in [3.8, 4) is 16.9 Å². The van der Waals surface area contributed by atoms with Gasteiger partial charge in [-0.25, -0.2) is 9.59 Å². The van der Waals surface area contributed by atoms with E-state index < -0.39 is 11.9 Å². The van der Waals surface area contributed by atoms with Gasteiger partial charge in [-0.2, -0.15) is 0 Å². The van der Waals surface area contributed by atoms with E-state index in [-0.39, 0.29) is 23.1 Å². The fraction of sp³-hybridized carbons (Fsp3) is 0.174. The minimum Gasteiger partial charge on any atom is -0.497 e. The van der Waals surface area contributed by atoms with Crippen LogP contribution in [-0.2, 0) is 9.53 Å². The maximum atomic E-state index is 12.5. The second kappa shape index (κ2) is 8.23. The standard InChI is InChI=1S/C23H19NO6S/c1-29-15-9-7-13(8-10-15)18-19-20(31-21(18)22(26)27)16(11-17(25)24-19)12-3-5-14(6-4-12)23(28)30-2/h3-10,16H,11H2,1-2H3,(H,24,25)(H,26,27). The quantitative estimate of drug-likeness (QED) is 0.574. The average molecular weight is 437 g/mol. The van der Waals surface area contributed by atoms with Crippen LogP contribution in [0.2, 0.25) is 0 Å². The monoisotopic (exact) mass is 437 g/mol. The zero-order valence-corrected chi connectivity index (χ0v) is 17.6. The van der Waals surface area contributed by atoms with Crippen LogP contribution in [0.1, 0.15) is 42.8 Å². The van der Waals surface area contributed by atoms with Crippen LogP contribution in [-0.4, -0.2) is 37.2 Å². The van der Waals surface area contributed by atoms with Gasteiger partial charge < -0.3 is 19.9 Å². The number of esters is 1. The third-order valence-corrected chi connectivity index (χ3v) is 6.50. The van der Waals surface area contributed by atoms with Crippen molar-refractivity contribution in [1.29, 1.82) is 0 Å². The van der Waals surface area contributed by atoms with Crippen LogP contribution in [0, 0.1) is 0 Å². The Morgan fingerprint density at radius 2 is 1.74 bits per heavy atom. The first-order valence-electron chi connectivity index (χ1n) is 9.45. The highest BCUT2D eigenvalue weighted by atomic mass is 32.1. The van der Waals surface area contributed by atoms with Gasteiger partial charge in [-0.05, 0) is 35.4 Å². The van der Waals surface area contributed by atoms with E-state index in [2.05, 4.69) is 5.32 Å². The lowest BCUT2D eigenvalue weighted by Gasteiger charge is -2.24. The topological polar surface area (TPSA) is 102 Å². The van der Waals surface area contributed by atoms with Gasteiger partial charge in [-0.3, -0.25) is 4.79 Å². The number of hydrogen-bond donors (Lipinski definition) is 2. The van der Waals surface area contributed by atoms with Gasteiger partial charge in [-0.15, -0.1) is 11.3 Å². The van der Waals surface area contributed by atoms with Crippen LogP contribution >= 0.6 is 11.3 Å². The summed E-state index contributed by atoms with van der Waals surface area (Å²) < 4.78 is 9.92. The number of methoxy groups -OCH3 is 2. The summed E-state index contributed by atoms with van der Waals surface area (Å²) in [7, 11) is 2.87. The number of hydrogen-bond acceptors (Lipinski definition) is 6. The molecule has 1 aliphatic rings. The Hall–Kier alpha value is -3.65. The van der Waals surface area contributed by atoms with E-state index in [0.717, 1.165) is 21.8 Å². The van der Waals surface area contributed by atoms with Gasteiger partial charge >= 0.3 is 11.9 Å². The molecule has 31 heavy (non-hydrogen) atoms. The molecule has 8 heteroatoms. The molecule has 2 heterocycles. The Bertz CT molecular complexity index is 1160. The molecule has 0 fully saturated rings. The Kier molecular flexibility index (Phi) is 5.48. The van der Waals surface area contributed by atoms with E-state index in [9.17, 15) is 19.5 Å². The minimum absolute atomic E-state index is 0.161. The molecule has 1 amide bonds. The molecule has 1 aromatic heterocycles. The lowest BCUT2D eigenvalue weighted by atomic mass is 9.88. The molecule has 7 nitrogen and oxygen atoms in total. The smallest absolute Gasteiger partial charge is 0.346 e. The summed E-state index contributed by atoms with van der Waals surface area (Å²) in [5.74, 6) is -1.36. The number of ether oxygens (including phenoxy) is 2. The number of carboxylic acids is 1. The van der Waals surface area contributed by atoms with Crippen molar-refractivity contribution < 1.29 is 29.0 Å². The molecule has 0 spiro atoms. The highest BCUT2D eigenvalue weighted by molar-refractivity contribution is 7.15. The third kappa shape index (κ3) is 3.77. The molecule has 0 radical (unpaired) electrons. The van der Waals surface area contributed by atoms with Crippen molar-refractivity contribution in [1.82, 2.24) is 0 Å². The second-order valence-corrected chi connectivity index (χ2v) is 8.05. The molecule has 2 N–H and O–H groups in total. The molecule has 1 atom stereocenters. The van der Waals surface area contributed by atoms with Gasteiger partial charge in [0.2, 0.25) is 5.91 Å². The van der Waals surface area contributed by atoms with Crippen LogP contribution in [0.25, 0.3) is 11.1 Å². The number of fused-ring (bicyclic) bond motifs is 1. The maximum absolute atomic E-state index is 12.5. The molecule has 0 saturated heterocycles. The number of thiophene rings is 1. The minimum atomic E-state index is -1.06. The Morgan fingerprint density at radius 3 is 2.32 bits per heavy atom. The molecular weight excluding hydrogens is 418 g/mol. The normalized spacial score (nSPS) is 15.0. The Morgan fingerprint density at radius 1 is 1.06 bits per heavy atom. The van der Waals surface area contributed by atoms with Crippen LogP contribution in [0.3, 0.4) is 0 Å². The molecular formula is C23H19NO6S. The van der Waals surface area contributed by atoms with Crippen molar-refractivity contribution in [2.24, 2.45) is 0 Å². The number of amides is 1. The van der Waals surface area contributed by atoms with E-state index in [4.69, 9.17) is 9.47 Å². The predicted molar refractivity (Wildman–Crippen MR) is 116 cm³/mol. The number of aromatic carboxylic acids is 1. The van der Waals surface area contributed by atoms with Gasteiger partial charge in [0.25, 0.3) is 0 Å². The number of carbonyl (C=O) groups is 3. The summed E-state index contributed by atoms with van der Waals surface area (Å²) in [4.78, 5) is 37.2. The first kappa shape index (κ1) is 20.6. The molecule has 158 valence electrons. The molecule has 0 bridgehead atoms. The van der Waals surface area contributed by atoms with E-state index in [1.807, 2.05) is 0 Å².